The van der Waals surface area contributed by atoms with Crippen molar-refractivity contribution in [3.05, 3.63) is 28.8 Å². The normalized spacial score (nSPS) is 12.9. The maximum atomic E-state index is 9.29. The molecule has 0 aromatic heterocycles. The second-order valence-electron chi connectivity index (χ2n) is 2.37. The van der Waals surface area contributed by atoms with E-state index in [1.54, 1.807) is 12.1 Å². The van der Waals surface area contributed by atoms with Crippen LogP contribution < -0.4 is 0 Å². The van der Waals surface area contributed by atoms with Gasteiger partial charge in [-0.2, -0.15) is 0 Å². The number of phenols is 1. The molecule has 1 rings (SSSR count). The summed E-state index contributed by atoms with van der Waals surface area (Å²) < 4.78 is 0. The van der Waals surface area contributed by atoms with Crippen LogP contribution in [0, 0.1) is 0 Å². The van der Waals surface area contributed by atoms with Crippen molar-refractivity contribution < 1.29 is 10.2 Å². The predicted octanol–water partition coefficient (Wildman–Crippen LogP) is 2.32. The molecule has 0 amide bonds. The lowest BCUT2D eigenvalue weighted by molar-refractivity contribution is 0.198. The molecule has 0 saturated carbocycles. The number of aliphatic hydroxyl groups excluding tert-OH is 1. The molecule has 1 aromatic carbocycles. The number of aliphatic hydroxyl groups is 1. The van der Waals surface area contributed by atoms with Crippen molar-refractivity contribution in [1.82, 2.24) is 0 Å². The van der Waals surface area contributed by atoms with Crippen molar-refractivity contribution in [2.24, 2.45) is 0 Å². The van der Waals surface area contributed by atoms with E-state index in [4.69, 9.17) is 23.2 Å². The van der Waals surface area contributed by atoms with E-state index in [1.165, 1.54) is 6.07 Å². The summed E-state index contributed by atoms with van der Waals surface area (Å²) in [6.07, 6.45) is -0.844. The van der Waals surface area contributed by atoms with Crippen molar-refractivity contribution in [1.29, 1.82) is 0 Å². The van der Waals surface area contributed by atoms with Crippen molar-refractivity contribution in [2.75, 3.05) is 5.88 Å². The quantitative estimate of drug-likeness (QED) is 0.730. The van der Waals surface area contributed by atoms with Gasteiger partial charge in [-0.15, -0.1) is 11.6 Å². The summed E-state index contributed by atoms with van der Waals surface area (Å²) in [6.45, 7) is 0. The fourth-order valence-electron chi connectivity index (χ4n) is 0.882. The molecular formula is C8H8Cl2O2. The van der Waals surface area contributed by atoms with Crippen LogP contribution in [-0.4, -0.2) is 16.1 Å². The van der Waals surface area contributed by atoms with Crippen LogP contribution in [0.2, 0.25) is 5.02 Å². The average molecular weight is 207 g/mol. The largest absolute Gasteiger partial charge is 0.508 e. The minimum atomic E-state index is -0.844. The number of hydrogen-bond acceptors (Lipinski definition) is 2. The number of aromatic hydroxyl groups is 1. The Hall–Kier alpha value is -0.440. The molecule has 0 aliphatic rings. The first kappa shape index (κ1) is 9.65. The number of alkyl halides is 1. The van der Waals surface area contributed by atoms with E-state index in [0.29, 0.717) is 10.6 Å². The summed E-state index contributed by atoms with van der Waals surface area (Å²) in [5.74, 6) is 0.0190. The molecule has 2 nitrogen and oxygen atoms in total. The van der Waals surface area contributed by atoms with E-state index in [-0.39, 0.29) is 11.6 Å². The van der Waals surface area contributed by atoms with Gasteiger partial charge >= 0.3 is 0 Å². The first-order valence-corrected chi connectivity index (χ1v) is 4.29. The second kappa shape index (κ2) is 3.99. The van der Waals surface area contributed by atoms with Gasteiger partial charge in [0.1, 0.15) is 5.75 Å². The van der Waals surface area contributed by atoms with E-state index in [0.717, 1.165) is 0 Å². The fraction of sp³-hybridized carbons (Fsp3) is 0.250. The topological polar surface area (TPSA) is 40.5 Å². The van der Waals surface area contributed by atoms with Gasteiger partial charge < -0.3 is 10.2 Å². The summed E-state index contributed by atoms with van der Waals surface area (Å²) in [5.41, 5.74) is 0.398. The van der Waals surface area contributed by atoms with Gasteiger partial charge in [0.15, 0.2) is 0 Å². The summed E-state index contributed by atoms with van der Waals surface area (Å²) >= 11 is 11.0. The van der Waals surface area contributed by atoms with Crippen molar-refractivity contribution in [2.45, 2.75) is 6.10 Å². The molecule has 0 heterocycles. The number of phenolic OH excluding ortho intramolecular Hbond substituents is 1. The number of benzene rings is 1. The molecule has 1 aromatic rings. The summed E-state index contributed by atoms with van der Waals surface area (Å²) in [7, 11) is 0. The lowest BCUT2D eigenvalue weighted by atomic mass is 10.1. The van der Waals surface area contributed by atoms with Crippen LogP contribution in [0.15, 0.2) is 18.2 Å². The molecule has 1 atom stereocenters. The molecule has 12 heavy (non-hydrogen) atoms. The third-order valence-corrected chi connectivity index (χ3v) is 2.03. The Labute approximate surface area is 80.4 Å². The third-order valence-electron chi connectivity index (χ3n) is 1.50. The Morgan fingerprint density at radius 3 is 2.58 bits per heavy atom. The summed E-state index contributed by atoms with van der Waals surface area (Å²) in [5, 5.41) is 19.0. The Morgan fingerprint density at radius 1 is 1.42 bits per heavy atom. The highest BCUT2D eigenvalue weighted by Crippen LogP contribution is 2.27. The maximum Gasteiger partial charge on any atom is 0.122 e. The van der Waals surface area contributed by atoms with Gasteiger partial charge in [0.05, 0.1) is 12.0 Å². The molecule has 66 valence electrons. The van der Waals surface area contributed by atoms with Crippen LogP contribution in [-0.2, 0) is 0 Å². The first-order chi connectivity index (χ1) is 5.65. The van der Waals surface area contributed by atoms with Gasteiger partial charge in [-0.1, -0.05) is 17.7 Å². The van der Waals surface area contributed by atoms with Crippen molar-refractivity contribution in [3.63, 3.8) is 0 Å². The monoisotopic (exact) mass is 206 g/mol. The van der Waals surface area contributed by atoms with Crippen molar-refractivity contribution >= 4 is 23.2 Å². The van der Waals surface area contributed by atoms with Gasteiger partial charge in [-0.05, 0) is 12.1 Å². The molecule has 1 unspecified atom stereocenters. The lowest BCUT2D eigenvalue weighted by Crippen LogP contribution is -1.98. The molecule has 0 radical (unpaired) electrons. The lowest BCUT2D eigenvalue weighted by Gasteiger charge is -2.08. The Kier molecular flexibility index (Phi) is 3.20. The zero-order valence-corrected chi connectivity index (χ0v) is 7.68. The predicted molar refractivity (Wildman–Crippen MR) is 48.8 cm³/mol. The summed E-state index contributed by atoms with van der Waals surface area (Å²) in [6, 6.07) is 4.50. The molecule has 4 heteroatoms. The molecule has 2 N–H and O–H groups in total. The van der Waals surface area contributed by atoms with Crippen LogP contribution in [0.25, 0.3) is 0 Å². The van der Waals surface area contributed by atoms with Crippen LogP contribution >= 0.6 is 23.2 Å². The van der Waals surface area contributed by atoms with E-state index < -0.39 is 6.10 Å². The highest BCUT2D eigenvalue weighted by atomic mass is 35.5. The number of hydrogen-bond donors (Lipinski definition) is 2. The molecule has 0 spiro atoms. The van der Waals surface area contributed by atoms with Gasteiger partial charge in [0.25, 0.3) is 0 Å². The molecule has 0 fully saturated rings. The first-order valence-electron chi connectivity index (χ1n) is 3.37. The van der Waals surface area contributed by atoms with E-state index in [9.17, 15) is 10.2 Å². The maximum absolute atomic E-state index is 9.29. The van der Waals surface area contributed by atoms with Crippen LogP contribution in [0.5, 0.6) is 5.75 Å². The third kappa shape index (κ3) is 2.03. The van der Waals surface area contributed by atoms with Crippen LogP contribution in [0.1, 0.15) is 11.7 Å². The minimum Gasteiger partial charge on any atom is -0.508 e. The zero-order valence-electron chi connectivity index (χ0n) is 6.17. The molecular weight excluding hydrogens is 199 g/mol. The minimum absolute atomic E-state index is 0.0318. The van der Waals surface area contributed by atoms with Crippen LogP contribution in [0.3, 0.4) is 0 Å². The molecule has 0 aliphatic heterocycles. The highest BCUT2D eigenvalue weighted by Gasteiger charge is 2.10. The Balaban J connectivity index is 3.01. The van der Waals surface area contributed by atoms with E-state index >= 15 is 0 Å². The van der Waals surface area contributed by atoms with Gasteiger partial charge in [0.2, 0.25) is 0 Å². The standard InChI is InChI=1S/C8H8Cl2O2/c9-4-8(12)6-2-1-5(10)3-7(6)11/h1-3,8,11-12H,4H2. The molecule has 0 saturated heterocycles. The number of rotatable bonds is 2. The van der Waals surface area contributed by atoms with Gasteiger partial charge in [-0.25, -0.2) is 0 Å². The van der Waals surface area contributed by atoms with E-state index in [1.807, 2.05) is 0 Å². The Bertz CT molecular complexity index is 276. The van der Waals surface area contributed by atoms with Gasteiger partial charge in [0, 0.05) is 10.6 Å². The van der Waals surface area contributed by atoms with E-state index in [2.05, 4.69) is 0 Å². The Morgan fingerprint density at radius 2 is 2.08 bits per heavy atom. The van der Waals surface area contributed by atoms with Crippen molar-refractivity contribution in [3.8, 4) is 5.75 Å². The molecule has 0 bridgehead atoms. The van der Waals surface area contributed by atoms with Gasteiger partial charge in [-0.3, -0.25) is 0 Å². The average Bonchev–Trinajstić information content (AvgIpc) is 2.03. The van der Waals surface area contributed by atoms with Crippen LogP contribution in [0.4, 0.5) is 0 Å². The zero-order chi connectivity index (χ0) is 9.14. The fourth-order valence-corrected chi connectivity index (χ4v) is 1.21. The summed E-state index contributed by atoms with van der Waals surface area (Å²) in [4.78, 5) is 0. The highest BCUT2D eigenvalue weighted by molar-refractivity contribution is 6.30. The molecule has 0 aliphatic carbocycles. The SMILES string of the molecule is Oc1cc(Cl)ccc1C(O)CCl. The number of halogens is 2. The second-order valence-corrected chi connectivity index (χ2v) is 3.12. The smallest absolute Gasteiger partial charge is 0.122 e.